The van der Waals surface area contributed by atoms with Crippen molar-refractivity contribution in [3.05, 3.63) is 39.9 Å². The van der Waals surface area contributed by atoms with Crippen molar-refractivity contribution in [3.8, 4) is 5.75 Å². The molecule has 0 aliphatic heterocycles. The first-order valence-corrected chi connectivity index (χ1v) is 6.44. The van der Waals surface area contributed by atoms with E-state index in [2.05, 4.69) is 10.3 Å². The quantitative estimate of drug-likeness (QED) is 0.854. The number of phenolic OH excluding ortho intramolecular Hbond substituents is 1. The van der Waals surface area contributed by atoms with Crippen LogP contribution in [-0.2, 0) is 0 Å². The fraction of sp³-hybridized carbons (Fsp3) is 0.0833. The van der Waals surface area contributed by atoms with Gasteiger partial charge in [-0.05, 0) is 12.1 Å². The summed E-state index contributed by atoms with van der Waals surface area (Å²) in [6.45, 7) is 1.42. The molecule has 7 heteroatoms. The van der Waals surface area contributed by atoms with Gasteiger partial charge in [0.25, 0.3) is 5.91 Å². The number of phenols is 1. The van der Waals surface area contributed by atoms with Gasteiger partial charge in [-0.15, -0.1) is 0 Å². The number of carbonyl (C=O) groups is 2. The average molecular weight is 297 g/mol. The van der Waals surface area contributed by atoms with Gasteiger partial charge >= 0.3 is 0 Å². The predicted octanol–water partition coefficient (Wildman–Crippen LogP) is 2.96. The number of nitrogens with one attached hydrogen (secondary N) is 1. The Kier molecular flexibility index (Phi) is 3.82. The summed E-state index contributed by atoms with van der Waals surface area (Å²) in [7, 11) is 0. The Hall–Kier alpha value is -1.92. The lowest BCUT2D eigenvalue weighted by Crippen LogP contribution is -2.12. The first-order chi connectivity index (χ1) is 8.99. The van der Waals surface area contributed by atoms with E-state index in [1.165, 1.54) is 31.3 Å². The third-order valence-corrected chi connectivity index (χ3v) is 3.62. The highest BCUT2D eigenvalue weighted by molar-refractivity contribution is 7.17. The lowest BCUT2D eigenvalue weighted by atomic mass is 10.2. The zero-order chi connectivity index (χ0) is 14.0. The summed E-state index contributed by atoms with van der Waals surface area (Å²) >= 11 is 6.91. The number of hydrogen-bond acceptors (Lipinski definition) is 5. The minimum Gasteiger partial charge on any atom is -0.507 e. The van der Waals surface area contributed by atoms with Gasteiger partial charge in [-0.2, -0.15) is 0 Å². The van der Waals surface area contributed by atoms with E-state index in [1.54, 1.807) is 0 Å². The fourth-order valence-corrected chi connectivity index (χ4v) is 2.35. The number of aromatic hydroxyl groups is 1. The maximum atomic E-state index is 12.0. The molecule has 0 saturated heterocycles. The standard InChI is InChI=1S/C12H9ClN2O3S/c1-6(16)9-5-14-12(19-9)15-11(18)10-7(13)3-2-4-8(10)17/h2-5,17H,1H3,(H,14,15,18). The molecule has 0 saturated carbocycles. The van der Waals surface area contributed by atoms with Crippen molar-refractivity contribution >= 4 is 39.8 Å². The fourth-order valence-electron chi connectivity index (χ4n) is 1.39. The molecule has 1 amide bonds. The number of aromatic nitrogens is 1. The highest BCUT2D eigenvalue weighted by Crippen LogP contribution is 2.27. The van der Waals surface area contributed by atoms with E-state index < -0.39 is 5.91 Å². The van der Waals surface area contributed by atoms with Crippen molar-refractivity contribution in [2.45, 2.75) is 6.92 Å². The Morgan fingerprint density at radius 1 is 1.42 bits per heavy atom. The second-order valence-corrected chi connectivity index (χ2v) is 5.11. The average Bonchev–Trinajstić information content (AvgIpc) is 2.77. The largest absolute Gasteiger partial charge is 0.507 e. The molecule has 0 aliphatic rings. The first kappa shape index (κ1) is 13.5. The van der Waals surface area contributed by atoms with E-state index in [0.29, 0.717) is 4.88 Å². The number of carbonyl (C=O) groups excluding carboxylic acids is 2. The smallest absolute Gasteiger partial charge is 0.262 e. The highest BCUT2D eigenvalue weighted by atomic mass is 35.5. The van der Waals surface area contributed by atoms with Crippen LogP contribution in [0.4, 0.5) is 5.13 Å². The van der Waals surface area contributed by atoms with Gasteiger partial charge in [-0.1, -0.05) is 29.0 Å². The van der Waals surface area contributed by atoms with Crippen LogP contribution in [0.15, 0.2) is 24.4 Å². The molecule has 1 aromatic carbocycles. The van der Waals surface area contributed by atoms with E-state index in [-0.39, 0.29) is 27.3 Å². The topological polar surface area (TPSA) is 79.3 Å². The van der Waals surface area contributed by atoms with Crippen LogP contribution < -0.4 is 5.32 Å². The Morgan fingerprint density at radius 2 is 2.16 bits per heavy atom. The lowest BCUT2D eigenvalue weighted by Gasteiger charge is -2.05. The number of nitrogens with zero attached hydrogens (tertiary/aromatic N) is 1. The number of rotatable bonds is 3. The summed E-state index contributed by atoms with van der Waals surface area (Å²) in [5.41, 5.74) is -0.0243. The van der Waals surface area contributed by atoms with Gasteiger partial charge in [0.2, 0.25) is 0 Å². The molecule has 0 aliphatic carbocycles. The van der Waals surface area contributed by atoms with Crippen molar-refractivity contribution in [2.24, 2.45) is 0 Å². The first-order valence-electron chi connectivity index (χ1n) is 5.24. The molecule has 2 rings (SSSR count). The minimum atomic E-state index is -0.576. The minimum absolute atomic E-state index is 0.0243. The second kappa shape index (κ2) is 5.38. The molecule has 1 heterocycles. The number of halogens is 1. The van der Waals surface area contributed by atoms with Gasteiger partial charge in [-0.3, -0.25) is 14.9 Å². The predicted molar refractivity (Wildman–Crippen MR) is 73.2 cm³/mol. The van der Waals surface area contributed by atoms with Gasteiger partial charge in [0.1, 0.15) is 11.3 Å². The zero-order valence-electron chi connectivity index (χ0n) is 9.81. The molecule has 98 valence electrons. The van der Waals surface area contributed by atoms with E-state index in [9.17, 15) is 14.7 Å². The van der Waals surface area contributed by atoms with Gasteiger partial charge < -0.3 is 5.11 Å². The second-order valence-electron chi connectivity index (χ2n) is 3.67. The Morgan fingerprint density at radius 3 is 2.74 bits per heavy atom. The summed E-state index contributed by atoms with van der Waals surface area (Å²) in [5.74, 6) is -0.917. The van der Waals surface area contributed by atoms with Gasteiger partial charge in [0.05, 0.1) is 16.1 Å². The van der Waals surface area contributed by atoms with Crippen molar-refractivity contribution in [3.63, 3.8) is 0 Å². The van der Waals surface area contributed by atoms with Crippen LogP contribution in [0.2, 0.25) is 5.02 Å². The molecule has 5 nitrogen and oxygen atoms in total. The molecule has 19 heavy (non-hydrogen) atoms. The molecular weight excluding hydrogens is 288 g/mol. The number of hydrogen-bond donors (Lipinski definition) is 2. The maximum Gasteiger partial charge on any atom is 0.262 e. The monoisotopic (exact) mass is 296 g/mol. The summed E-state index contributed by atoms with van der Waals surface area (Å²) < 4.78 is 0. The van der Waals surface area contributed by atoms with Crippen LogP contribution in [0, 0.1) is 0 Å². The SMILES string of the molecule is CC(=O)c1cnc(NC(=O)c2c(O)cccc2Cl)s1. The Balaban J connectivity index is 2.23. The van der Waals surface area contributed by atoms with Crippen molar-refractivity contribution in [2.75, 3.05) is 5.32 Å². The van der Waals surface area contributed by atoms with Crippen LogP contribution in [0.5, 0.6) is 5.75 Å². The van der Waals surface area contributed by atoms with Crippen LogP contribution in [-0.4, -0.2) is 21.8 Å². The lowest BCUT2D eigenvalue weighted by molar-refractivity contribution is 0.101. The summed E-state index contributed by atoms with van der Waals surface area (Å²) in [6.07, 6.45) is 1.38. The van der Waals surface area contributed by atoms with Gasteiger partial charge in [0, 0.05) is 6.92 Å². The van der Waals surface area contributed by atoms with Crippen LogP contribution >= 0.6 is 22.9 Å². The van der Waals surface area contributed by atoms with Crippen LogP contribution in [0.1, 0.15) is 27.0 Å². The number of thiazole rings is 1. The number of anilines is 1. The van der Waals surface area contributed by atoms with Gasteiger partial charge in [-0.25, -0.2) is 4.98 Å². The number of amides is 1. The molecule has 2 N–H and O–H groups in total. The number of ketones is 1. The van der Waals surface area contributed by atoms with E-state index >= 15 is 0 Å². The Bertz CT molecular complexity index is 634. The highest BCUT2D eigenvalue weighted by Gasteiger charge is 2.17. The van der Waals surface area contributed by atoms with Gasteiger partial charge in [0.15, 0.2) is 10.9 Å². The number of Topliss-reactive ketones (excluding diaryl/α,β-unsaturated/α-hetero) is 1. The van der Waals surface area contributed by atoms with E-state index in [0.717, 1.165) is 11.3 Å². The third kappa shape index (κ3) is 2.91. The summed E-state index contributed by atoms with van der Waals surface area (Å²) in [6, 6.07) is 4.40. The molecule has 0 atom stereocenters. The van der Waals surface area contributed by atoms with Crippen LogP contribution in [0.25, 0.3) is 0 Å². The normalized spacial score (nSPS) is 10.2. The summed E-state index contributed by atoms with van der Waals surface area (Å²) in [5, 5.41) is 12.5. The van der Waals surface area contributed by atoms with Crippen LogP contribution in [0.3, 0.4) is 0 Å². The molecule has 0 bridgehead atoms. The molecular formula is C12H9ClN2O3S. The van der Waals surface area contributed by atoms with Crippen molar-refractivity contribution in [1.29, 1.82) is 0 Å². The van der Waals surface area contributed by atoms with Crippen molar-refractivity contribution in [1.82, 2.24) is 4.98 Å². The Labute approximate surface area is 117 Å². The zero-order valence-corrected chi connectivity index (χ0v) is 11.4. The molecule has 0 fully saturated rings. The van der Waals surface area contributed by atoms with Crippen molar-refractivity contribution < 1.29 is 14.7 Å². The number of benzene rings is 1. The third-order valence-electron chi connectivity index (χ3n) is 2.29. The molecule has 0 spiro atoms. The van der Waals surface area contributed by atoms with E-state index in [4.69, 9.17) is 11.6 Å². The van der Waals surface area contributed by atoms with E-state index in [1.807, 2.05) is 0 Å². The molecule has 1 aromatic heterocycles. The molecule has 0 unspecified atom stereocenters. The summed E-state index contributed by atoms with van der Waals surface area (Å²) in [4.78, 5) is 27.4. The maximum absolute atomic E-state index is 12.0. The molecule has 2 aromatic rings. The molecule has 0 radical (unpaired) electrons.